The van der Waals surface area contributed by atoms with Crippen molar-refractivity contribution in [3.63, 3.8) is 0 Å². The molecule has 0 aromatic heterocycles. The van der Waals surface area contributed by atoms with Gasteiger partial charge in [-0.15, -0.1) is 0 Å². The van der Waals surface area contributed by atoms with E-state index in [9.17, 15) is 4.79 Å². The van der Waals surface area contributed by atoms with Crippen molar-refractivity contribution >= 4 is 27.6 Å². The molecule has 0 saturated heterocycles. The van der Waals surface area contributed by atoms with Gasteiger partial charge >= 0.3 is 5.97 Å². The molecule has 0 spiro atoms. The fourth-order valence-corrected chi connectivity index (χ4v) is 2.40. The van der Waals surface area contributed by atoms with Gasteiger partial charge in [0, 0.05) is 5.33 Å². The van der Waals surface area contributed by atoms with Crippen LogP contribution in [0.15, 0.2) is 5.16 Å². The van der Waals surface area contributed by atoms with Gasteiger partial charge < -0.3 is 9.94 Å². The van der Waals surface area contributed by atoms with Gasteiger partial charge in [-0.05, 0) is 26.2 Å². The van der Waals surface area contributed by atoms with Crippen LogP contribution in [0.5, 0.6) is 0 Å². The van der Waals surface area contributed by atoms with E-state index in [1.165, 1.54) is 76.5 Å². The summed E-state index contributed by atoms with van der Waals surface area (Å²) in [4.78, 5) is 15.2. The third kappa shape index (κ3) is 23.7. The number of carboxylic acids is 1. The molecule has 0 aliphatic rings. The highest BCUT2D eigenvalue weighted by molar-refractivity contribution is 9.09. The van der Waals surface area contributed by atoms with Gasteiger partial charge in [-0.1, -0.05) is 92.7 Å². The summed E-state index contributed by atoms with van der Waals surface area (Å²) >= 11 is 3.42. The van der Waals surface area contributed by atoms with E-state index >= 15 is 0 Å². The topological polar surface area (TPSA) is 58.9 Å². The van der Waals surface area contributed by atoms with Crippen LogP contribution in [0.4, 0.5) is 0 Å². The molecule has 0 amide bonds. The number of hydrogen-bond acceptors (Lipinski definition) is 3. The number of halogens is 1. The third-order valence-electron chi connectivity index (χ3n) is 3.59. The van der Waals surface area contributed by atoms with Crippen LogP contribution in [-0.2, 0) is 9.63 Å². The molecule has 4 nitrogen and oxygen atoms in total. The zero-order valence-electron chi connectivity index (χ0n) is 16.0. The first-order chi connectivity index (χ1) is 11.6. The summed E-state index contributed by atoms with van der Waals surface area (Å²) in [7, 11) is 0. The molecule has 0 aliphatic heterocycles. The van der Waals surface area contributed by atoms with Crippen molar-refractivity contribution in [3.05, 3.63) is 0 Å². The smallest absolute Gasteiger partial charge is 0.353 e. The average molecular weight is 408 g/mol. The van der Waals surface area contributed by atoms with E-state index in [1.54, 1.807) is 0 Å². The van der Waals surface area contributed by atoms with Gasteiger partial charge in [-0.3, -0.25) is 0 Å². The van der Waals surface area contributed by atoms with Gasteiger partial charge in [0.15, 0.2) is 5.71 Å². The number of alkyl halides is 1. The number of aliphatic carboxylic acids is 1. The van der Waals surface area contributed by atoms with Gasteiger partial charge in [0.1, 0.15) is 6.61 Å². The molecule has 0 aromatic rings. The molecule has 24 heavy (non-hydrogen) atoms. The van der Waals surface area contributed by atoms with E-state index < -0.39 is 5.97 Å². The second-order valence-electron chi connectivity index (χ2n) is 6.04. The lowest BCUT2D eigenvalue weighted by Crippen LogP contribution is -2.08. The standard InChI is InChI=1S/C11H21NO3.C8H17Br/c1-3-4-5-6-7-8-9-15-12-10(2)11(13)14;1-2-3-4-5-6-7-8-9/h3-9H2,1-2H3,(H,13,14);2-8H2,1H3/b12-10+;. The van der Waals surface area contributed by atoms with Crippen molar-refractivity contribution in [1.82, 2.24) is 0 Å². The minimum atomic E-state index is -1.03. The van der Waals surface area contributed by atoms with Crippen LogP contribution in [0, 0.1) is 0 Å². The van der Waals surface area contributed by atoms with Gasteiger partial charge in [0.05, 0.1) is 0 Å². The van der Waals surface area contributed by atoms with Crippen molar-refractivity contribution in [3.8, 4) is 0 Å². The van der Waals surface area contributed by atoms with E-state index in [4.69, 9.17) is 9.94 Å². The molecule has 0 rings (SSSR count). The number of rotatable bonds is 15. The van der Waals surface area contributed by atoms with Crippen molar-refractivity contribution in [2.75, 3.05) is 11.9 Å². The Morgan fingerprint density at radius 2 is 1.33 bits per heavy atom. The molecule has 5 heteroatoms. The van der Waals surface area contributed by atoms with Crippen LogP contribution in [0.1, 0.15) is 97.8 Å². The first kappa shape index (κ1) is 25.7. The zero-order chi connectivity index (χ0) is 18.5. The molecular weight excluding hydrogens is 370 g/mol. The maximum absolute atomic E-state index is 10.3. The SMILES string of the molecule is CCCCCCCCBr.CCCCCCCCO/N=C(\C)C(=O)O. The number of hydrogen-bond donors (Lipinski definition) is 1. The van der Waals surface area contributed by atoms with E-state index in [0.29, 0.717) is 6.61 Å². The van der Waals surface area contributed by atoms with Crippen LogP contribution in [0.3, 0.4) is 0 Å². The molecule has 0 atom stereocenters. The lowest BCUT2D eigenvalue weighted by Gasteiger charge is -2.00. The van der Waals surface area contributed by atoms with Crippen molar-refractivity contribution in [1.29, 1.82) is 0 Å². The quantitative estimate of drug-likeness (QED) is 0.144. The Morgan fingerprint density at radius 3 is 1.79 bits per heavy atom. The first-order valence-electron chi connectivity index (χ1n) is 9.55. The Kier molecular flexibility index (Phi) is 24.0. The Bertz CT molecular complexity index is 290. The number of unbranched alkanes of at least 4 members (excludes halogenated alkanes) is 10. The van der Waals surface area contributed by atoms with E-state index in [-0.39, 0.29) is 5.71 Å². The second kappa shape index (κ2) is 22.4. The predicted molar refractivity (Wildman–Crippen MR) is 107 cm³/mol. The summed E-state index contributed by atoms with van der Waals surface area (Å²) in [6, 6.07) is 0. The molecule has 0 heterocycles. The highest BCUT2D eigenvalue weighted by Gasteiger charge is 2.00. The fraction of sp³-hybridized carbons (Fsp3) is 0.895. The van der Waals surface area contributed by atoms with Crippen LogP contribution in [0.2, 0.25) is 0 Å². The fourth-order valence-electron chi connectivity index (χ4n) is 2.00. The van der Waals surface area contributed by atoms with Crippen molar-refractivity contribution in [2.24, 2.45) is 5.16 Å². The first-order valence-corrected chi connectivity index (χ1v) is 10.7. The van der Waals surface area contributed by atoms with E-state index in [1.807, 2.05) is 0 Å². The largest absolute Gasteiger partial charge is 0.477 e. The average Bonchev–Trinajstić information content (AvgIpc) is 2.57. The normalized spacial score (nSPS) is 10.9. The minimum Gasteiger partial charge on any atom is -0.477 e. The number of carbonyl (C=O) groups is 1. The van der Waals surface area contributed by atoms with Gasteiger partial charge in [0.2, 0.25) is 0 Å². The molecule has 0 aromatic carbocycles. The molecule has 144 valence electrons. The highest BCUT2D eigenvalue weighted by atomic mass is 79.9. The van der Waals surface area contributed by atoms with Crippen molar-refractivity contribution in [2.45, 2.75) is 97.8 Å². The number of oxime groups is 1. The maximum atomic E-state index is 10.3. The third-order valence-corrected chi connectivity index (χ3v) is 4.15. The Morgan fingerprint density at radius 1 is 0.875 bits per heavy atom. The van der Waals surface area contributed by atoms with Crippen molar-refractivity contribution < 1.29 is 14.7 Å². The molecule has 0 bridgehead atoms. The highest BCUT2D eigenvalue weighted by Crippen LogP contribution is 2.06. The van der Waals surface area contributed by atoms with E-state index in [2.05, 4.69) is 34.9 Å². The number of nitrogens with zero attached hydrogens (tertiary/aromatic N) is 1. The molecule has 0 radical (unpaired) electrons. The van der Waals surface area contributed by atoms with Gasteiger partial charge in [-0.2, -0.15) is 0 Å². The summed E-state index contributed by atoms with van der Waals surface area (Å²) in [6.07, 6.45) is 15.5. The predicted octanol–water partition coefficient (Wildman–Crippen LogP) is 6.57. The molecule has 0 fully saturated rings. The second-order valence-corrected chi connectivity index (χ2v) is 6.83. The molecule has 1 N–H and O–H groups in total. The molecule has 0 saturated carbocycles. The summed E-state index contributed by atoms with van der Waals surface area (Å²) in [5.74, 6) is -1.03. The lowest BCUT2D eigenvalue weighted by atomic mass is 10.1. The van der Waals surface area contributed by atoms with Gasteiger partial charge in [-0.25, -0.2) is 4.79 Å². The maximum Gasteiger partial charge on any atom is 0.353 e. The van der Waals surface area contributed by atoms with Crippen LogP contribution in [0.25, 0.3) is 0 Å². The molecular formula is C19H38BrNO3. The number of carboxylic acid groups (broad SMARTS) is 1. The molecule has 0 aliphatic carbocycles. The Labute approximate surface area is 157 Å². The monoisotopic (exact) mass is 407 g/mol. The summed E-state index contributed by atoms with van der Waals surface area (Å²) < 4.78 is 0. The minimum absolute atomic E-state index is 0.000910. The van der Waals surface area contributed by atoms with E-state index in [0.717, 1.165) is 12.8 Å². The van der Waals surface area contributed by atoms with Crippen LogP contribution < -0.4 is 0 Å². The van der Waals surface area contributed by atoms with Crippen LogP contribution in [-0.4, -0.2) is 28.7 Å². The summed E-state index contributed by atoms with van der Waals surface area (Å²) in [6.45, 7) is 6.37. The van der Waals surface area contributed by atoms with Gasteiger partial charge in [0.25, 0.3) is 0 Å². The Balaban J connectivity index is 0. The summed E-state index contributed by atoms with van der Waals surface area (Å²) in [5, 5.41) is 13.1. The Hall–Kier alpha value is -0.580. The summed E-state index contributed by atoms with van der Waals surface area (Å²) in [5.41, 5.74) is 0.000910. The lowest BCUT2D eigenvalue weighted by molar-refractivity contribution is -0.129. The molecule has 0 unspecified atom stereocenters. The zero-order valence-corrected chi connectivity index (χ0v) is 17.6. The van der Waals surface area contributed by atoms with Crippen LogP contribution >= 0.6 is 15.9 Å².